The predicted molar refractivity (Wildman–Crippen MR) is 125 cm³/mol. The molecule has 0 saturated carbocycles. The minimum atomic E-state index is -3.63. The van der Waals surface area contributed by atoms with Gasteiger partial charge in [-0.15, -0.1) is 0 Å². The molecule has 0 bridgehead atoms. The summed E-state index contributed by atoms with van der Waals surface area (Å²) in [7, 11) is -0.608. The van der Waals surface area contributed by atoms with Crippen LogP contribution < -0.4 is 9.80 Å². The summed E-state index contributed by atoms with van der Waals surface area (Å²) in [6.45, 7) is 4.47. The number of amides is 1. The lowest BCUT2D eigenvalue weighted by Gasteiger charge is -2.34. The van der Waals surface area contributed by atoms with Crippen molar-refractivity contribution < 1.29 is 13.2 Å². The van der Waals surface area contributed by atoms with Gasteiger partial charge in [-0.1, -0.05) is 17.7 Å². The zero-order valence-corrected chi connectivity index (χ0v) is 19.4. The van der Waals surface area contributed by atoms with E-state index in [0.717, 1.165) is 50.1 Å². The first-order valence-electron chi connectivity index (χ1n) is 11.0. The lowest BCUT2D eigenvalue weighted by atomic mass is 9.98. The van der Waals surface area contributed by atoms with Crippen molar-refractivity contribution in [2.24, 2.45) is 0 Å². The summed E-state index contributed by atoms with van der Waals surface area (Å²) in [5.41, 5.74) is 4.60. The van der Waals surface area contributed by atoms with Crippen molar-refractivity contribution in [3.8, 4) is 0 Å². The molecule has 6 nitrogen and oxygen atoms in total. The van der Waals surface area contributed by atoms with E-state index in [2.05, 4.69) is 17.9 Å². The van der Waals surface area contributed by atoms with Crippen LogP contribution >= 0.6 is 0 Å². The van der Waals surface area contributed by atoms with Gasteiger partial charge in [0.15, 0.2) is 0 Å². The van der Waals surface area contributed by atoms with Crippen LogP contribution in [0.1, 0.15) is 47.2 Å². The molecular weight excluding hydrogens is 410 g/mol. The van der Waals surface area contributed by atoms with Crippen LogP contribution in [0.5, 0.6) is 0 Å². The molecule has 1 saturated heterocycles. The molecule has 0 spiro atoms. The normalized spacial score (nSPS) is 17.0. The second-order valence-electron chi connectivity index (χ2n) is 8.71. The van der Waals surface area contributed by atoms with Crippen molar-refractivity contribution in [1.29, 1.82) is 0 Å². The largest absolute Gasteiger partial charge is 0.371 e. The first-order chi connectivity index (χ1) is 14.8. The molecule has 0 aromatic heterocycles. The number of carbonyl (C=O) groups excluding carboxylic acids is 1. The van der Waals surface area contributed by atoms with Crippen molar-refractivity contribution in [2.75, 3.05) is 43.5 Å². The Morgan fingerprint density at radius 2 is 1.61 bits per heavy atom. The van der Waals surface area contributed by atoms with Gasteiger partial charge in [0.05, 0.1) is 10.5 Å². The van der Waals surface area contributed by atoms with E-state index in [1.54, 1.807) is 12.1 Å². The highest BCUT2D eigenvalue weighted by Gasteiger charge is 2.29. The zero-order chi connectivity index (χ0) is 22.2. The Morgan fingerprint density at radius 3 is 2.32 bits per heavy atom. The monoisotopic (exact) mass is 441 g/mol. The van der Waals surface area contributed by atoms with E-state index in [0.29, 0.717) is 12.1 Å². The molecule has 2 heterocycles. The van der Waals surface area contributed by atoms with Crippen LogP contribution in [0.15, 0.2) is 41.3 Å². The van der Waals surface area contributed by atoms with Crippen LogP contribution in [-0.2, 0) is 16.4 Å². The van der Waals surface area contributed by atoms with Crippen molar-refractivity contribution in [1.82, 2.24) is 4.31 Å². The number of carbonyl (C=O) groups is 1. The molecule has 166 valence electrons. The maximum atomic E-state index is 13.9. The molecular formula is C24H31N3O3S. The molecule has 2 aliphatic heterocycles. The van der Waals surface area contributed by atoms with Crippen LogP contribution in [0.4, 0.5) is 11.4 Å². The number of hydrogen-bond acceptors (Lipinski definition) is 4. The molecule has 0 unspecified atom stereocenters. The zero-order valence-electron chi connectivity index (χ0n) is 18.6. The van der Waals surface area contributed by atoms with Gasteiger partial charge in [-0.25, -0.2) is 12.7 Å². The second-order valence-corrected chi connectivity index (χ2v) is 10.9. The van der Waals surface area contributed by atoms with Crippen LogP contribution in [-0.4, -0.2) is 52.4 Å². The predicted octanol–water partition coefficient (Wildman–Crippen LogP) is 3.83. The fourth-order valence-electron chi connectivity index (χ4n) is 4.55. The van der Waals surface area contributed by atoms with E-state index in [9.17, 15) is 13.2 Å². The molecule has 1 fully saturated rings. The molecule has 7 heteroatoms. The van der Waals surface area contributed by atoms with Crippen LogP contribution in [0.3, 0.4) is 0 Å². The Hall–Kier alpha value is -2.38. The average molecular weight is 442 g/mol. The Labute approximate surface area is 185 Å². The lowest BCUT2D eigenvalue weighted by molar-refractivity contribution is 0.0985. The maximum absolute atomic E-state index is 13.9. The van der Waals surface area contributed by atoms with E-state index < -0.39 is 10.0 Å². The average Bonchev–Trinajstić information content (AvgIpc) is 2.78. The van der Waals surface area contributed by atoms with Crippen molar-refractivity contribution in [3.63, 3.8) is 0 Å². The highest BCUT2D eigenvalue weighted by Crippen LogP contribution is 2.33. The summed E-state index contributed by atoms with van der Waals surface area (Å²) in [6.07, 6.45) is 5.20. The Balaban J connectivity index is 1.81. The third kappa shape index (κ3) is 4.21. The maximum Gasteiger partial charge on any atom is 0.260 e. The molecule has 2 aromatic rings. The van der Waals surface area contributed by atoms with Crippen LogP contribution in [0.2, 0.25) is 0 Å². The number of nitrogens with zero attached hydrogens (tertiary/aromatic N) is 3. The fraction of sp³-hybridized carbons (Fsp3) is 0.458. The Kier molecular flexibility index (Phi) is 6.08. The molecule has 31 heavy (non-hydrogen) atoms. The molecule has 0 N–H and O–H groups in total. The minimum absolute atomic E-state index is 0.124. The minimum Gasteiger partial charge on any atom is -0.371 e. The molecule has 2 aromatic carbocycles. The molecule has 2 aliphatic rings. The van der Waals surface area contributed by atoms with Gasteiger partial charge in [0.2, 0.25) is 10.0 Å². The summed E-state index contributed by atoms with van der Waals surface area (Å²) in [5, 5.41) is 0. The van der Waals surface area contributed by atoms with Gasteiger partial charge in [-0.3, -0.25) is 4.79 Å². The highest BCUT2D eigenvalue weighted by atomic mass is 32.2. The first kappa shape index (κ1) is 21.8. The van der Waals surface area contributed by atoms with Crippen molar-refractivity contribution >= 4 is 27.3 Å². The summed E-state index contributed by atoms with van der Waals surface area (Å²) >= 11 is 0. The second kappa shape index (κ2) is 8.63. The third-order valence-electron chi connectivity index (χ3n) is 6.27. The molecule has 0 radical (unpaired) electrons. The smallest absolute Gasteiger partial charge is 0.260 e. The topological polar surface area (TPSA) is 60.9 Å². The third-order valence-corrected chi connectivity index (χ3v) is 8.08. The highest BCUT2D eigenvalue weighted by molar-refractivity contribution is 7.89. The number of sulfonamides is 1. The van der Waals surface area contributed by atoms with E-state index in [1.165, 1.54) is 35.9 Å². The number of benzene rings is 2. The molecule has 0 atom stereocenters. The van der Waals surface area contributed by atoms with Crippen molar-refractivity contribution in [3.05, 3.63) is 53.1 Å². The van der Waals surface area contributed by atoms with E-state index >= 15 is 0 Å². The summed E-state index contributed by atoms with van der Waals surface area (Å²) in [5.74, 6) is -0.124. The van der Waals surface area contributed by atoms with Gasteiger partial charge >= 0.3 is 0 Å². The van der Waals surface area contributed by atoms with Crippen LogP contribution in [0, 0.1) is 6.92 Å². The Morgan fingerprint density at radius 1 is 0.903 bits per heavy atom. The quantitative estimate of drug-likeness (QED) is 0.724. The summed E-state index contributed by atoms with van der Waals surface area (Å²) in [4.78, 5) is 18.1. The standard InChI is InChI=1S/C24H31N3O3S/c1-18-9-11-22-19(16-18)8-7-15-27(22)24(28)21-17-20(31(29,30)25(2)3)10-12-23(21)26-13-5-4-6-14-26/h9-12,16-17H,4-8,13-15H2,1-3H3. The fourth-order valence-corrected chi connectivity index (χ4v) is 5.48. The van der Waals surface area contributed by atoms with Gasteiger partial charge in [0, 0.05) is 45.1 Å². The SMILES string of the molecule is Cc1ccc2c(c1)CCCN2C(=O)c1cc(S(=O)(=O)N(C)C)ccc1N1CCCCC1. The van der Waals surface area contributed by atoms with Gasteiger partial charge in [-0.05, 0) is 68.9 Å². The first-order valence-corrected chi connectivity index (χ1v) is 12.5. The molecule has 4 rings (SSSR count). The summed E-state index contributed by atoms with van der Waals surface area (Å²) in [6, 6.07) is 11.2. The number of rotatable bonds is 4. The molecule has 0 aliphatic carbocycles. The van der Waals surface area contributed by atoms with E-state index in [1.807, 2.05) is 23.1 Å². The van der Waals surface area contributed by atoms with Gasteiger partial charge < -0.3 is 9.80 Å². The van der Waals surface area contributed by atoms with Gasteiger partial charge in [0.25, 0.3) is 5.91 Å². The number of aryl methyl sites for hydroxylation is 2. The summed E-state index contributed by atoms with van der Waals surface area (Å²) < 4.78 is 26.8. The van der Waals surface area contributed by atoms with Gasteiger partial charge in [-0.2, -0.15) is 0 Å². The lowest BCUT2D eigenvalue weighted by Crippen LogP contribution is -2.38. The van der Waals surface area contributed by atoms with E-state index in [-0.39, 0.29) is 10.8 Å². The van der Waals surface area contributed by atoms with E-state index in [4.69, 9.17) is 0 Å². The number of piperidine rings is 1. The van der Waals surface area contributed by atoms with Crippen LogP contribution in [0.25, 0.3) is 0 Å². The number of hydrogen-bond donors (Lipinski definition) is 0. The molecule has 1 amide bonds. The van der Waals surface area contributed by atoms with Crippen molar-refractivity contribution in [2.45, 2.75) is 43.9 Å². The van der Waals surface area contributed by atoms with Gasteiger partial charge in [0.1, 0.15) is 0 Å². The number of fused-ring (bicyclic) bond motifs is 1. The number of anilines is 2. The Bertz CT molecular complexity index is 1090.